The Hall–Kier alpha value is -0.718. The molecule has 50 valence electrons. The van der Waals surface area contributed by atoms with Crippen molar-refractivity contribution in [3.8, 4) is 0 Å². The van der Waals surface area contributed by atoms with Gasteiger partial charge in [-0.1, -0.05) is 6.08 Å². The van der Waals surface area contributed by atoms with E-state index in [2.05, 4.69) is 16.5 Å². The molecular formula is C6H8AlN3. The SMILES string of the molecule is C/C=C1/C=C(N)[N]([Al])C1=N. The minimum Gasteiger partial charge on any atom is -0.426 e. The number of nitrogens with one attached hydrogen (secondary N) is 1. The maximum absolute atomic E-state index is 7.45. The minimum atomic E-state index is 0.435. The summed E-state index contributed by atoms with van der Waals surface area (Å²) in [5.41, 5.74) is 6.39. The van der Waals surface area contributed by atoms with Crippen molar-refractivity contribution < 1.29 is 0 Å². The van der Waals surface area contributed by atoms with Gasteiger partial charge in [0.25, 0.3) is 0 Å². The van der Waals surface area contributed by atoms with Crippen molar-refractivity contribution in [2.45, 2.75) is 6.92 Å². The molecule has 3 nitrogen and oxygen atoms in total. The molecule has 0 aromatic heterocycles. The topological polar surface area (TPSA) is 53.1 Å². The van der Waals surface area contributed by atoms with Gasteiger partial charge in [-0.2, -0.15) is 0 Å². The number of hydrogen-bond donors (Lipinski definition) is 2. The Morgan fingerprint density at radius 1 is 1.80 bits per heavy atom. The summed E-state index contributed by atoms with van der Waals surface area (Å²) >= 11 is 2.38. The van der Waals surface area contributed by atoms with E-state index < -0.39 is 0 Å². The molecule has 0 atom stereocenters. The van der Waals surface area contributed by atoms with E-state index in [9.17, 15) is 0 Å². The first kappa shape index (κ1) is 7.39. The van der Waals surface area contributed by atoms with E-state index in [1.165, 1.54) is 0 Å². The standard InChI is InChI=1S/C6H8N3.Al/c1-2-4-3-5(7)9-6(4)8;/h2-3H,7H2,1H3,(H-,8,9);/q-1;+1/b4-2-;. The van der Waals surface area contributed by atoms with Gasteiger partial charge in [-0.05, 0) is 13.0 Å². The van der Waals surface area contributed by atoms with Gasteiger partial charge in [0.15, 0.2) is 0 Å². The second-order valence-electron chi connectivity index (χ2n) is 2.03. The molecule has 10 heavy (non-hydrogen) atoms. The van der Waals surface area contributed by atoms with E-state index >= 15 is 0 Å². The monoisotopic (exact) mass is 149 g/mol. The van der Waals surface area contributed by atoms with Crippen LogP contribution in [0.25, 0.3) is 0 Å². The highest BCUT2D eigenvalue weighted by molar-refractivity contribution is 6.22. The molecule has 1 aliphatic heterocycles. The lowest BCUT2D eigenvalue weighted by Gasteiger charge is -2.14. The van der Waals surface area contributed by atoms with Crippen molar-refractivity contribution in [1.82, 2.24) is 3.88 Å². The molecule has 1 heterocycles. The Balaban J connectivity index is 2.98. The van der Waals surface area contributed by atoms with Gasteiger partial charge in [-0.15, -0.1) is 0 Å². The molecule has 0 unspecified atom stereocenters. The lowest BCUT2D eigenvalue weighted by molar-refractivity contribution is 0.810. The van der Waals surface area contributed by atoms with E-state index in [4.69, 9.17) is 11.1 Å². The number of nitrogens with zero attached hydrogens (tertiary/aromatic N) is 1. The fourth-order valence-electron chi connectivity index (χ4n) is 0.785. The molecule has 0 aliphatic carbocycles. The minimum absolute atomic E-state index is 0.435. The Kier molecular flexibility index (Phi) is 1.84. The summed E-state index contributed by atoms with van der Waals surface area (Å²) in [6.07, 6.45) is 3.63. The van der Waals surface area contributed by atoms with Crippen molar-refractivity contribution in [1.29, 1.82) is 5.41 Å². The summed E-state index contributed by atoms with van der Waals surface area (Å²) in [5, 5.41) is 7.45. The third kappa shape index (κ3) is 0.962. The van der Waals surface area contributed by atoms with Crippen LogP contribution >= 0.6 is 0 Å². The molecule has 0 saturated carbocycles. The van der Waals surface area contributed by atoms with E-state index in [1.54, 1.807) is 9.96 Å². The molecule has 0 fully saturated rings. The smallest absolute Gasteiger partial charge is 0.322 e. The molecule has 0 aromatic rings. The van der Waals surface area contributed by atoms with Gasteiger partial charge in [0.2, 0.25) is 0 Å². The van der Waals surface area contributed by atoms with Crippen LogP contribution in [0.2, 0.25) is 0 Å². The van der Waals surface area contributed by atoms with Crippen LogP contribution in [0.1, 0.15) is 6.92 Å². The van der Waals surface area contributed by atoms with Crippen molar-refractivity contribution in [2.24, 2.45) is 5.73 Å². The fourth-order valence-corrected chi connectivity index (χ4v) is 1.01. The van der Waals surface area contributed by atoms with Crippen LogP contribution in [0.5, 0.6) is 0 Å². The van der Waals surface area contributed by atoms with Crippen molar-refractivity contribution >= 4 is 22.3 Å². The van der Waals surface area contributed by atoms with E-state index in [0.29, 0.717) is 11.7 Å². The highest BCUT2D eigenvalue weighted by atomic mass is 27.1. The molecule has 0 saturated heterocycles. The Morgan fingerprint density at radius 2 is 2.40 bits per heavy atom. The predicted molar refractivity (Wildman–Crippen MR) is 41.3 cm³/mol. The summed E-state index contributed by atoms with van der Waals surface area (Å²) < 4.78 is 1.56. The molecule has 1 rings (SSSR count). The van der Waals surface area contributed by atoms with Crippen LogP contribution in [-0.2, 0) is 0 Å². The maximum Gasteiger partial charge on any atom is 0.322 e. The van der Waals surface area contributed by atoms with Gasteiger partial charge >= 0.3 is 16.5 Å². The molecule has 0 spiro atoms. The van der Waals surface area contributed by atoms with Gasteiger partial charge in [-0.25, -0.2) is 0 Å². The summed E-state index contributed by atoms with van der Waals surface area (Å²) in [4.78, 5) is 0. The second-order valence-corrected chi connectivity index (χ2v) is 2.55. The van der Waals surface area contributed by atoms with Crippen LogP contribution < -0.4 is 5.73 Å². The molecule has 0 amide bonds. The largest absolute Gasteiger partial charge is 0.426 e. The molecule has 0 bridgehead atoms. The quantitative estimate of drug-likeness (QED) is 0.480. The zero-order valence-electron chi connectivity index (χ0n) is 5.76. The first-order chi connectivity index (χ1) is 4.66. The van der Waals surface area contributed by atoms with Crippen LogP contribution in [-0.4, -0.2) is 26.2 Å². The number of nitrogens with two attached hydrogens (primary N) is 1. The van der Waals surface area contributed by atoms with Crippen molar-refractivity contribution in [3.05, 3.63) is 23.5 Å². The Bertz CT molecular complexity index is 227. The molecule has 2 radical (unpaired) electrons. The average molecular weight is 149 g/mol. The van der Waals surface area contributed by atoms with Crippen molar-refractivity contribution in [3.63, 3.8) is 0 Å². The third-order valence-corrected chi connectivity index (χ3v) is 1.96. The highest BCUT2D eigenvalue weighted by Gasteiger charge is 2.15. The highest BCUT2D eigenvalue weighted by Crippen LogP contribution is 2.14. The number of rotatable bonds is 0. The van der Waals surface area contributed by atoms with Crippen LogP contribution in [0.3, 0.4) is 0 Å². The molecular weight excluding hydrogens is 141 g/mol. The molecule has 1 aliphatic rings. The molecule has 3 N–H and O–H groups in total. The summed E-state index contributed by atoms with van der Waals surface area (Å²) in [5.74, 6) is 1.04. The van der Waals surface area contributed by atoms with Gasteiger partial charge in [0.1, 0.15) is 5.84 Å². The predicted octanol–water partition coefficient (Wildman–Crippen LogP) is 0.109. The lowest BCUT2D eigenvalue weighted by atomic mass is 10.2. The summed E-state index contributed by atoms with van der Waals surface area (Å²) in [6.45, 7) is 1.89. The normalized spacial score (nSPS) is 22.1. The maximum atomic E-state index is 7.45. The Morgan fingerprint density at radius 3 is 2.60 bits per heavy atom. The van der Waals surface area contributed by atoms with Gasteiger partial charge in [0, 0.05) is 5.57 Å². The lowest BCUT2D eigenvalue weighted by Crippen LogP contribution is -2.25. The van der Waals surface area contributed by atoms with Crippen LogP contribution in [0.4, 0.5) is 0 Å². The van der Waals surface area contributed by atoms with Gasteiger partial charge in [-0.3, -0.25) is 5.41 Å². The Labute approximate surface area is 68.3 Å². The second kappa shape index (κ2) is 2.49. The number of allylic oxidation sites excluding steroid dienone is 1. The average Bonchev–Trinajstić information content (AvgIpc) is 2.17. The molecule has 4 heteroatoms. The zero-order chi connectivity index (χ0) is 7.72. The number of hydrogen-bond acceptors (Lipinski definition) is 2. The first-order valence-corrected chi connectivity index (χ1v) is 3.45. The van der Waals surface area contributed by atoms with Crippen LogP contribution in [0.15, 0.2) is 23.5 Å². The van der Waals surface area contributed by atoms with E-state index in [-0.39, 0.29) is 0 Å². The van der Waals surface area contributed by atoms with E-state index in [1.807, 2.05) is 13.0 Å². The van der Waals surface area contributed by atoms with Gasteiger partial charge < -0.3 is 9.62 Å². The van der Waals surface area contributed by atoms with Crippen molar-refractivity contribution in [2.75, 3.05) is 0 Å². The van der Waals surface area contributed by atoms with E-state index in [0.717, 1.165) is 5.57 Å². The van der Waals surface area contributed by atoms with Crippen LogP contribution in [0, 0.1) is 5.41 Å². The van der Waals surface area contributed by atoms with Gasteiger partial charge in [0.05, 0.1) is 5.82 Å². The third-order valence-electron chi connectivity index (χ3n) is 1.41. The number of amidine groups is 1. The summed E-state index contributed by atoms with van der Waals surface area (Å²) in [7, 11) is 0. The fraction of sp³-hybridized carbons (Fsp3) is 0.167. The molecule has 0 aromatic carbocycles. The zero-order valence-corrected chi connectivity index (χ0v) is 6.91. The first-order valence-electron chi connectivity index (χ1n) is 2.94. The summed E-state index contributed by atoms with van der Waals surface area (Å²) in [6, 6.07) is 0.